The van der Waals surface area contributed by atoms with E-state index >= 15 is 0 Å². The summed E-state index contributed by atoms with van der Waals surface area (Å²) in [4.78, 5) is 39.3. The summed E-state index contributed by atoms with van der Waals surface area (Å²) in [7, 11) is 0. The minimum Gasteiger partial charge on any atom is -0.338 e. The van der Waals surface area contributed by atoms with Crippen molar-refractivity contribution in [3.8, 4) is 0 Å². The number of nitrogens with zero attached hydrogens (tertiary/aromatic N) is 4. The maximum Gasteiger partial charge on any atom is 0.260 e. The van der Waals surface area contributed by atoms with Gasteiger partial charge in [0.1, 0.15) is 5.54 Å². The van der Waals surface area contributed by atoms with E-state index in [1.54, 1.807) is 23.4 Å². The highest BCUT2D eigenvalue weighted by Gasteiger charge is 2.51. The average molecular weight is 497 g/mol. The number of aromatic nitrogens is 2. The maximum atomic E-state index is 14.1. The van der Waals surface area contributed by atoms with Crippen LogP contribution in [0.2, 0.25) is 0 Å². The van der Waals surface area contributed by atoms with Crippen molar-refractivity contribution in [3.05, 3.63) is 95.1 Å². The molecule has 1 fully saturated rings. The van der Waals surface area contributed by atoms with E-state index in [-0.39, 0.29) is 17.8 Å². The van der Waals surface area contributed by atoms with E-state index in [0.29, 0.717) is 31.0 Å². The molecule has 37 heavy (non-hydrogen) atoms. The summed E-state index contributed by atoms with van der Waals surface area (Å²) in [5.41, 5.74) is 2.86. The fraction of sp³-hybridized carbons (Fsp3) is 0.345. The molecule has 2 atom stereocenters. The normalized spacial score (nSPS) is 19.8. The summed E-state index contributed by atoms with van der Waals surface area (Å²) >= 11 is 0. The zero-order valence-corrected chi connectivity index (χ0v) is 21.4. The van der Waals surface area contributed by atoms with Crippen LogP contribution in [0.4, 0.5) is 0 Å². The molecule has 2 aliphatic rings. The molecular formula is C29H32N6O2. The van der Waals surface area contributed by atoms with Crippen LogP contribution in [0.25, 0.3) is 0 Å². The van der Waals surface area contributed by atoms with Gasteiger partial charge in [0.15, 0.2) is 5.96 Å². The van der Waals surface area contributed by atoms with Gasteiger partial charge in [-0.1, -0.05) is 56.3 Å². The SMILES string of the molecule is CC(C)CCC1(c2ccccc2)NC(=N)N(C(C)c2cccc(C(=O)N3Cc4nccnc4C3)c2)C1=O. The van der Waals surface area contributed by atoms with Gasteiger partial charge < -0.3 is 10.2 Å². The lowest BCUT2D eigenvalue weighted by molar-refractivity contribution is -0.133. The third-order valence-corrected chi connectivity index (χ3v) is 7.35. The molecule has 2 unspecified atom stereocenters. The van der Waals surface area contributed by atoms with E-state index in [2.05, 4.69) is 29.1 Å². The molecule has 5 rings (SSSR count). The van der Waals surface area contributed by atoms with Crippen molar-refractivity contribution >= 4 is 17.8 Å². The van der Waals surface area contributed by atoms with Crippen LogP contribution in [-0.4, -0.2) is 37.5 Å². The Morgan fingerprint density at radius 2 is 1.70 bits per heavy atom. The Bertz CT molecular complexity index is 1320. The third kappa shape index (κ3) is 4.48. The molecule has 3 heterocycles. The van der Waals surface area contributed by atoms with Crippen LogP contribution >= 0.6 is 0 Å². The molecule has 0 saturated carbocycles. The minimum absolute atomic E-state index is 0.0778. The van der Waals surface area contributed by atoms with Crippen molar-refractivity contribution in [1.82, 2.24) is 25.1 Å². The molecule has 8 heteroatoms. The second kappa shape index (κ2) is 9.76. The Balaban J connectivity index is 1.40. The summed E-state index contributed by atoms with van der Waals surface area (Å²) in [5, 5.41) is 12.0. The van der Waals surface area contributed by atoms with Gasteiger partial charge in [0, 0.05) is 18.0 Å². The molecule has 190 valence electrons. The second-order valence-corrected chi connectivity index (χ2v) is 10.3. The molecule has 2 amide bonds. The summed E-state index contributed by atoms with van der Waals surface area (Å²) in [6.45, 7) is 7.03. The van der Waals surface area contributed by atoms with Gasteiger partial charge in [0.25, 0.3) is 11.8 Å². The topological polar surface area (TPSA) is 102 Å². The fourth-order valence-corrected chi connectivity index (χ4v) is 5.21. The first-order valence-corrected chi connectivity index (χ1v) is 12.7. The Kier molecular flexibility index (Phi) is 6.50. The number of amides is 2. The first-order chi connectivity index (χ1) is 17.8. The molecule has 2 aromatic carbocycles. The van der Waals surface area contributed by atoms with Crippen molar-refractivity contribution in [2.45, 2.75) is 58.3 Å². The van der Waals surface area contributed by atoms with Gasteiger partial charge in [0.2, 0.25) is 0 Å². The van der Waals surface area contributed by atoms with Crippen LogP contribution in [0.3, 0.4) is 0 Å². The predicted molar refractivity (Wildman–Crippen MR) is 140 cm³/mol. The quantitative estimate of drug-likeness (QED) is 0.505. The molecular weight excluding hydrogens is 464 g/mol. The molecule has 8 nitrogen and oxygen atoms in total. The van der Waals surface area contributed by atoms with E-state index in [4.69, 9.17) is 5.41 Å². The van der Waals surface area contributed by atoms with Gasteiger partial charge >= 0.3 is 0 Å². The van der Waals surface area contributed by atoms with Crippen LogP contribution in [0.15, 0.2) is 67.0 Å². The molecule has 3 aromatic rings. The Morgan fingerprint density at radius 1 is 1.03 bits per heavy atom. The van der Waals surface area contributed by atoms with Crippen molar-refractivity contribution in [2.24, 2.45) is 5.92 Å². The lowest BCUT2D eigenvalue weighted by Gasteiger charge is -2.30. The second-order valence-electron chi connectivity index (χ2n) is 10.3. The summed E-state index contributed by atoms with van der Waals surface area (Å²) in [6, 6.07) is 16.6. The number of hydrogen-bond acceptors (Lipinski definition) is 5. The number of benzene rings is 2. The zero-order valence-electron chi connectivity index (χ0n) is 21.4. The first kappa shape index (κ1) is 24.6. The predicted octanol–water partition coefficient (Wildman–Crippen LogP) is 4.39. The Hall–Kier alpha value is -4.07. The van der Waals surface area contributed by atoms with Crippen molar-refractivity contribution in [1.29, 1.82) is 5.41 Å². The van der Waals surface area contributed by atoms with E-state index in [0.717, 1.165) is 28.9 Å². The smallest absolute Gasteiger partial charge is 0.260 e. The van der Waals surface area contributed by atoms with Crippen LogP contribution in [-0.2, 0) is 23.4 Å². The van der Waals surface area contributed by atoms with Crippen LogP contribution in [0, 0.1) is 11.3 Å². The largest absolute Gasteiger partial charge is 0.338 e. The van der Waals surface area contributed by atoms with Crippen molar-refractivity contribution in [2.75, 3.05) is 0 Å². The molecule has 0 spiro atoms. The standard InChI is InChI=1S/C29H32N6O2/c1-19(2)12-13-29(23-10-5-4-6-11-23)27(37)35(28(30)33-29)20(3)21-8-7-9-22(16-21)26(36)34-17-24-25(18-34)32-15-14-31-24/h4-11,14-16,19-20H,12-13,17-18H2,1-3H3,(H2,30,33). The third-order valence-electron chi connectivity index (χ3n) is 7.35. The number of carbonyl (C=O) groups excluding carboxylic acids is 2. The van der Waals surface area contributed by atoms with E-state index < -0.39 is 11.6 Å². The number of guanidine groups is 1. The Labute approximate surface area is 217 Å². The minimum atomic E-state index is -0.981. The molecule has 2 N–H and O–H groups in total. The number of fused-ring (bicyclic) bond motifs is 1. The highest BCUT2D eigenvalue weighted by atomic mass is 16.2. The molecule has 0 radical (unpaired) electrons. The van der Waals surface area contributed by atoms with E-state index in [1.807, 2.05) is 55.5 Å². The maximum absolute atomic E-state index is 14.1. The van der Waals surface area contributed by atoms with Gasteiger partial charge in [-0.15, -0.1) is 0 Å². The van der Waals surface area contributed by atoms with Crippen LogP contribution < -0.4 is 5.32 Å². The fourth-order valence-electron chi connectivity index (χ4n) is 5.21. The molecule has 1 saturated heterocycles. The highest BCUT2D eigenvalue weighted by Crippen LogP contribution is 2.38. The highest BCUT2D eigenvalue weighted by molar-refractivity contribution is 6.08. The summed E-state index contributed by atoms with van der Waals surface area (Å²) in [5.74, 6) is 0.251. The first-order valence-electron chi connectivity index (χ1n) is 12.7. The zero-order chi connectivity index (χ0) is 26.2. The van der Waals surface area contributed by atoms with Crippen molar-refractivity contribution in [3.63, 3.8) is 0 Å². The van der Waals surface area contributed by atoms with Gasteiger partial charge in [-0.3, -0.25) is 29.9 Å². The molecule has 1 aromatic heterocycles. The number of carbonyl (C=O) groups is 2. The van der Waals surface area contributed by atoms with E-state index in [9.17, 15) is 9.59 Å². The monoisotopic (exact) mass is 496 g/mol. The lowest BCUT2D eigenvalue weighted by atomic mass is 9.83. The molecule has 0 bridgehead atoms. The van der Waals surface area contributed by atoms with Crippen LogP contribution in [0.1, 0.15) is 72.5 Å². The van der Waals surface area contributed by atoms with Gasteiger partial charge in [-0.05, 0) is 48.9 Å². The lowest BCUT2D eigenvalue weighted by Crippen LogP contribution is -2.44. The molecule has 2 aliphatic heterocycles. The summed E-state index contributed by atoms with van der Waals surface area (Å²) in [6.07, 6.45) is 4.72. The summed E-state index contributed by atoms with van der Waals surface area (Å²) < 4.78 is 0. The Morgan fingerprint density at radius 3 is 2.35 bits per heavy atom. The number of nitrogens with one attached hydrogen (secondary N) is 2. The van der Waals surface area contributed by atoms with Gasteiger partial charge in [0.05, 0.1) is 30.5 Å². The van der Waals surface area contributed by atoms with Crippen molar-refractivity contribution < 1.29 is 9.59 Å². The van der Waals surface area contributed by atoms with Gasteiger partial charge in [-0.2, -0.15) is 0 Å². The van der Waals surface area contributed by atoms with Gasteiger partial charge in [-0.25, -0.2) is 0 Å². The number of rotatable bonds is 7. The van der Waals surface area contributed by atoms with Crippen LogP contribution in [0.5, 0.6) is 0 Å². The van der Waals surface area contributed by atoms with E-state index in [1.165, 1.54) is 4.90 Å². The average Bonchev–Trinajstić information content (AvgIpc) is 3.46. The molecule has 0 aliphatic carbocycles. The number of hydrogen-bond donors (Lipinski definition) is 2.